The van der Waals surface area contributed by atoms with Crippen LogP contribution in [0.2, 0.25) is 0 Å². The third-order valence-corrected chi connectivity index (χ3v) is 2.26. The van der Waals surface area contributed by atoms with Crippen LogP contribution in [0.5, 0.6) is 0 Å². The summed E-state index contributed by atoms with van der Waals surface area (Å²) in [4.78, 5) is 22.6. The maximum atomic E-state index is 12.0. The van der Waals surface area contributed by atoms with Gasteiger partial charge in [0.2, 0.25) is 5.91 Å². The molecule has 0 spiro atoms. The van der Waals surface area contributed by atoms with Crippen LogP contribution in [0.1, 0.15) is 29.3 Å². The average Bonchev–Trinajstić information content (AvgIpc) is 2.13. The van der Waals surface area contributed by atoms with Crippen molar-refractivity contribution in [2.45, 2.75) is 26.4 Å². The van der Waals surface area contributed by atoms with Gasteiger partial charge in [0.15, 0.2) is 5.78 Å². The second-order valence-corrected chi connectivity index (χ2v) is 3.89. The van der Waals surface area contributed by atoms with Gasteiger partial charge in [-0.2, -0.15) is 13.2 Å². The summed E-state index contributed by atoms with van der Waals surface area (Å²) >= 11 is 0. The van der Waals surface area contributed by atoms with Crippen LogP contribution in [0.4, 0.5) is 18.9 Å². The Morgan fingerprint density at radius 3 is 2.39 bits per heavy atom. The molecule has 0 fully saturated rings. The van der Waals surface area contributed by atoms with E-state index in [9.17, 15) is 22.8 Å². The van der Waals surface area contributed by atoms with E-state index < -0.39 is 18.5 Å². The molecule has 6 heteroatoms. The minimum Gasteiger partial charge on any atom is -0.325 e. The summed E-state index contributed by atoms with van der Waals surface area (Å²) in [6.07, 6.45) is -6.14. The Morgan fingerprint density at radius 2 is 1.89 bits per heavy atom. The van der Waals surface area contributed by atoms with Crippen molar-refractivity contribution in [3.8, 4) is 0 Å². The number of alkyl halides is 3. The lowest BCUT2D eigenvalue weighted by Gasteiger charge is -2.12. The number of hydrogen-bond acceptors (Lipinski definition) is 2. The average molecular weight is 259 g/mol. The van der Waals surface area contributed by atoms with E-state index in [0.717, 1.165) is 0 Å². The van der Waals surface area contributed by atoms with Crippen molar-refractivity contribution < 1.29 is 22.8 Å². The van der Waals surface area contributed by atoms with Crippen molar-refractivity contribution in [1.29, 1.82) is 0 Å². The van der Waals surface area contributed by atoms with E-state index in [4.69, 9.17) is 0 Å². The highest BCUT2D eigenvalue weighted by Crippen LogP contribution is 2.23. The molecular formula is C12H12F3NO2. The number of hydrogen-bond donors (Lipinski definition) is 1. The lowest BCUT2D eigenvalue weighted by Crippen LogP contribution is -2.22. The van der Waals surface area contributed by atoms with E-state index in [0.29, 0.717) is 5.56 Å². The van der Waals surface area contributed by atoms with Crippen LogP contribution in [0, 0.1) is 6.92 Å². The fraction of sp³-hybridized carbons (Fsp3) is 0.333. The number of Topliss-reactive ketones (excluding diaryl/α,β-unsaturated/α-hetero) is 1. The summed E-state index contributed by atoms with van der Waals surface area (Å²) in [5, 5.41) is 2.11. The molecule has 0 aliphatic carbocycles. The molecular weight excluding hydrogens is 247 g/mol. The number of carbonyl (C=O) groups is 2. The minimum atomic E-state index is -4.57. The highest BCUT2D eigenvalue weighted by atomic mass is 19.4. The van der Waals surface area contributed by atoms with Gasteiger partial charge in [-0.05, 0) is 25.5 Å². The fourth-order valence-electron chi connectivity index (χ4n) is 1.62. The summed E-state index contributed by atoms with van der Waals surface area (Å²) in [7, 11) is 0. The normalized spacial score (nSPS) is 11.2. The van der Waals surface area contributed by atoms with Crippen LogP contribution in [-0.4, -0.2) is 17.9 Å². The second kappa shape index (κ2) is 5.20. The third kappa shape index (κ3) is 3.87. The first-order valence-corrected chi connectivity index (χ1v) is 5.18. The standard InChI is InChI=1S/C12H12F3NO2/c1-7-4-3-5-9(11(7)8(2)17)16-10(18)6-12(13,14)15/h3-5H,6H2,1-2H3,(H,16,18). The Hall–Kier alpha value is -1.85. The van der Waals surface area contributed by atoms with Gasteiger partial charge in [0.1, 0.15) is 6.42 Å². The van der Waals surface area contributed by atoms with Gasteiger partial charge in [-0.1, -0.05) is 12.1 Å². The zero-order chi connectivity index (χ0) is 13.9. The van der Waals surface area contributed by atoms with E-state index in [1.54, 1.807) is 19.1 Å². The Bertz CT molecular complexity index is 481. The van der Waals surface area contributed by atoms with Crippen LogP contribution in [0.15, 0.2) is 18.2 Å². The van der Waals surface area contributed by atoms with Crippen LogP contribution in [0.25, 0.3) is 0 Å². The minimum absolute atomic E-state index is 0.108. The van der Waals surface area contributed by atoms with Crippen molar-refractivity contribution >= 4 is 17.4 Å². The van der Waals surface area contributed by atoms with Crippen molar-refractivity contribution in [3.63, 3.8) is 0 Å². The van der Waals surface area contributed by atoms with Crippen molar-refractivity contribution in [2.24, 2.45) is 0 Å². The maximum absolute atomic E-state index is 12.0. The molecule has 1 N–H and O–H groups in total. The lowest BCUT2D eigenvalue weighted by molar-refractivity contribution is -0.150. The molecule has 18 heavy (non-hydrogen) atoms. The molecule has 0 bridgehead atoms. The van der Waals surface area contributed by atoms with Crippen LogP contribution >= 0.6 is 0 Å². The zero-order valence-corrected chi connectivity index (χ0v) is 9.89. The first-order valence-electron chi connectivity index (χ1n) is 5.18. The molecule has 0 aliphatic heterocycles. The van der Waals surface area contributed by atoms with Gasteiger partial charge < -0.3 is 5.32 Å². The lowest BCUT2D eigenvalue weighted by atomic mass is 10.0. The number of carbonyl (C=O) groups excluding carboxylic acids is 2. The van der Waals surface area contributed by atoms with Crippen LogP contribution < -0.4 is 5.32 Å². The van der Waals surface area contributed by atoms with E-state index in [2.05, 4.69) is 5.32 Å². The van der Waals surface area contributed by atoms with Crippen molar-refractivity contribution in [3.05, 3.63) is 29.3 Å². The third-order valence-electron chi connectivity index (χ3n) is 2.26. The monoisotopic (exact) mass is 259 g/mol. The Balaban J connectivity index is 2.95. The van der Waals surface area contributed by atoms with Gasteiger partial charge in [0, 0.05) is 5.56 Å². The van der Waals surface area contributed by atoms with Gasteiger partial charge in [-0.25, -0.2) is 0 Å². The molecule has 0 radical (unpaired) electrons. The van der Waals surface area contributed by atoms with Gasteiger partial charge in [-0.3, -0.25) is 9.59 Å². The summed E-state index contributed by atoms with van der Waals surface area (Å²) in [6.45, 7) is 2.94. The van der Waals surface area contributed by atoms with E-state index in [1.165, 1.54) is 13.0 Å². The molecule has 98 valence electrons. The van der Waals surface area contributed by atoms with Crippen LogP contribution in [-0.2, 0) is 4.79 Å². The zero-order valence-electron chi connectivity index (χ0n) is 9.89. The van der Waals surface area contributed by atoms with Crippen molar-refractivity contribution in [2.75, 3.05) is 5.32 Å². The van der Waals surface area contributed by atoms with Gasteiger partial charge in [0.05, 0.1) is 5.69 Å². The molecule has 0 saturated heterocycles. The Labute approximate surface area is 102 Å². The highest BCUT2D eigenvalue weighted by Gasteiger charge is 2.31. The van der Waals surface area contributed by atoms with Gasteiger partial charge in [-0.15, -0.1) is 0 Å². The first kappa shape index (κ1) is 14.2. The summed E-state index contributed by atoms with van der Waals surface area (Å²) in [5.41, 5.74) is 0.942. The number of halogens is 3. The number of rotatable bonds is 3. The molecule has 0 aromatic heterocycles. The van der Waals surface area contributed by atoms with Gasteiger partial charge >= 0.3 is 6.18 Å². The summed E-state index contributed by atoms with van der Waals surface area (Å²) < 4.78 is 36.1. The Kier molecular flexibility index (Phi) is 4.11. The Morgan fingerprint density at radius 1 is 1.28 bits per heavy atom. The molecule has 0 aliphatic rings. The van der Waals surface area contributed by atoms with E-state index in [1.807, 2.05) is 0 Å². The quantitative estimate of drug-likeness (QED) is 0.848. The summed E-state index contributed by atoms with van der Waals surface area (Å²) in [6, 6.07) is 4.61. The number of ketones is 1. The highest BCUT2D eigenvalue weighted by molar-refractivity contribution is 6.04. The number of benzene rings is 1. The number of amides is 1. The molecule has 1 aromatic carbocycles. The van der Waals surface area contributed by atoms with E-state index >= 15 is 0 Å². The molecule has 0 saturated carbocycles. The second-order valence-electron chi connectivity index (χ2n) is 3.89. The van der Waals surface area contributed by atoms with E-state index in [-0.39, 0.29) is 17.0 Å². The largest absolute Gasteiger partial charge is 0.397 e. The molecule has 0 unspecified atom stereocenters. The van der Waals surface area contributed by atoms with Crippen molar-refractivity contribution in [1.82, 2.24) is 0 Å². The molecule has 0 heterocycles. The predicted octanol–water partition coefficient (Wildman–Crippen LogP) is 3.09. The smallest absolute Gasteiger partial charge is 0.325 e. The number of anilines is 1. The molecule has 1 rings (SSSR count). The van der Waals surface area contributed by atoms with Crippen LogP contribution in [0.3, 0.4) is 0 Å². The topological polar surface area (TPSA) is 46.2 Å². The van der Waals surface area contributed by atoms with Gasteiger partial charge in [0.25, 0.3) is 0 Å². The molecule has 3 nitrogen and oxygen atoms in total. The first-order chi connectivity index (χ1) is 8.20. The SMILES string of the molecule is CC(=O)c1c(C)cccc1NC(=O)CC(F)(F)F. The molecule has 1 amide bonds. The molecule has 1 aromatic rings. The fourth-order valence-corrected chi connectivity index (χ4v) is 1.62. The maximum Gasteiger partial charge on any atom is 0.397 e. The predicted molar refractivity (Wildman–Crippen MR) is 60.5 cm³/mol. The number of nitrogens with one attached hydrogen (secondary N) is 1. The summed E-state index contributed by atoms with van der Waals surface area (Å²) in [5.74, 6) is -1.49. The number of aryl methyl sites for hydroxylation is 1. The molecule has 0 atom stereocenters.